The minimum absolute atomic E-state index is 0.0220. The van der Waals surface area contributed by atoms with E-state index >= 15 is 0 Å². The summed E-state index contributed by atoms with van der Waals surface area (Å²) in [6.45, 7) is 5.73. The fourth-order valence-electron chi connectivity index (χ4n) is 4.62. The topological polar surface area (TPSA) is 343 Å². The number of hydrogen-bond acceptors (Lipinski definition) is 17. The van der Waals surface area contributed by atoms with E-state index in [1.807, 2.05) is 0 Å². The van der Waals surface area contributed by atoms with Gasteiger partial charge < -0.3 is 51.8 Å². The number of rotatable bonds is 19. The smallest absolute Gasteiger partial charge is 0.350 e. The number of amides is 7. The highest BCUT2D eigenvalue weighted by Crippen LogP contribution is 2.35. The Bertz CT molecular complexity index is 2030. The largest absolute Gasteiger partial charge is 0.504 e. The van der Waals surface area contributed by atoms with Crippen LogP contribution in [0.5, 0.6) is 11.5 Å². The van der Waals surface area contributed by atoms with Crippen molar-refractivity contribution >= 4 is 99.9 Å². The molecule has 24 nitrogen and oxygen atoms in total. The number of benzene rings is 1. The van der Waals surface area contributed by atoms with Crippen LogP contribution >= 0.6 is 34.9 Å². The number of nitrogens with zero attached hydrogens (tertiary/aromatic N) is 7. The zero-order valence-electron chi connectivity index (χ0n) is 31.9. The van der Waals surface area contributed by atoms with Gasteiger partial charge in [-0.15, -0.1) is 11.3 Å². The normalized spacial score (nSPS) is 15.5. The highest BCUT2D eigenvalue weighted by atomic mass is 35.5. The lowest BCUT2D eigenvalue weighted by Crippen LogP contribution is -2.54. The molecular weight excluding hydrogens is 844 g/mol. The zero-order chi connectivity index (χ0) is 44.2. The molecule has 2 aromatic rings. The van der Waals surface area contributed by atoms with Gasteiger partial charge >= 0.3 is 24.0 Å². The van der Waals surface area contributed by atoms with Crippen LogP contribution in [0.4, 0.5) is 14.7 Å². The van der Waals surface area contributed by atoms with Gasteiger partial charge in [0.25, 0.3) is 11.8 Å². The maximum Gasteiger partial charge on any atom is 0.350 e. The monoisotopic (exact) mass is 884 g/mol. The molecule has 1 aliphatic heterocycles. The van der Waals surface area contributed by atoms with E-state index < -0.39 is 88.5 Å². The molecule has 3 atom stereocenters. The number of nitrogens with two attached hydrogens (primary N) is 1. The van der Waals surface area contributed by atoms with Crippen LogP contribution < -0.4 is 27.1 Å². The second-order valence-electron chi connectivity index (χ2n) is 12.7. The van der Waals surface area contributed by atoms with Gasteiger partial charge in [0.05, 0.1) is 41.6 Å². The Morgan fingerprint density at radius 2 is 1.85 bits per heavy atom. The number of oxime groups is 1. The number of halogens is 1. The molecule has 0 spiro atoms. The van der Waals surface area contributed by atoms with Gasteiger partial charge in [-0.05, 0) is 51.8 Å². The maximum absolute atomic E-state index is 13.6. The number of anilines is 1. The van der Waals surface area contributed by atoms with Gasteiger partial charge in [0, 0.05) is 25.4 Å². The van der Waals surface area contributed by atoms with Gasteiger partial charge in [-0.25, -0.2) is 29.8 Å². The Kier molecular flexibility index (Phi) is 16.6. The summed E-state index contributed by atoms with van der Waals surface area (Å²) in [6.07, 6.45) is 2.17. The lowest BCUT2D eigenvalue weighted by atomic mass is 10.1. The lowest BCUT2D eigenvalue weighted by Gasteiger charge is -2.35. The van der Waals surface area contributed by atoms with Crippen LogP contribution in [0.3, 0.4) is 0 Å². The summed E-state index contributed by atoms with van der Waals surface area (Å²) in [6, 6.07) is -0.802. The number of carbonyl (C=O) groups is 7. The van der Waals surface area contributed by atoms with E-state index in [-0.39, 0.29) is 41.0 Å². The van der Waals surface area contributed by atoms with E-state index in [1.165, 1.54) is 36.5 Å². The number of aromatic hydroxyl groups is 2. The predicted octanol–water partition coefficient (Wildman–Crippen LogP) is 0.613. The van der Waals surface area contributed by atoms with Gasteiger partial charge in [-0.2, -0.15) is 10.2 Å². The summed E-state index contributed by atoms with van der Waals surface area (Å²) in [5.74, 6) is -6.23. The number of nitrogens with one attached hydrogen (secondary N) is 4. The predicted molar refractivity (Wildman–Crippen MR) is 214 cm³/mol. The molecule has 1 aromatic carbocycles. The van der Waals surface area contributed by atoms with Gasteiger partial charge in [0.15, 0.2) is 22.3 Å². The average molecular weight is 885 g/mol. The third-order valence-electron chi connectivity index (χ3n) is 7.69. The van der Waals surface area contributed by atoms with Crippen LogP contribution in [0.2, 0.25) is 5.02 Å². The number of phenols is 2. The molecule has 1 unspecified atom stereocenters. The minimum Gasteiger partial charge on any atom is -0.504 e. The average Bonchev–Trinajstić information content (AvgIpc) is 3.70. The Morgan fingerprint density at radius 3 is 2.46 bits per heavy atom. The Balaban J connectivity index is 1.65. The molecule has 0 bridgehead atoms. The molecule has 10 N–H and O–H groups in total. The fraction of sp³-hybridized carbons (Fsp3) is 0.406. The quantitative estimate of drug-likeness (QED) is 0.0233. The second kappa shape index (κ2) is 20.8. The number of aliphatic carboxylic acids is 2. The van der Waals surface area contributed by atoms with Gasteiger partial charge in [0.1, 0.15) is 17.6 Å². The first-order chi connectivity index (χ1) is 27.6. The van der Waals surface area contributed by atoms with E-state index in [1.54, 1.807) is 6.92 Å². The Hall–Kier alpha value is -6.41. The number of carboxylic acids is 2. The van der Waals surface area contributed by atoms with E-state index in [9.17, 15) is 54.0 Å². The number of thiazole rings is 1. The van der Waals surface area contributed by atoms with Crippen LogP contribution in [-0.2, 0) is 24.0 Å². The first kappa shape index (κ1) is 47.0. The van der Waals surface area contributed by atoms with Crippen molar-refractivity contribution in [3.63, 3.8) is 0 Å². The number of phenolic OH excluding ortho intramolecular Hbond substituents is 2. The molecule has 1 aliphatic rings. The molecule has 0 saturated carbocycles. The number of hydrogen-bond donors (Lipinski definition) is 9. The molecule has 2 heterocycles. The zero-order valence-corrected chi connectivity index (χ0v) is 34.3. The molecular formula is C32H41ClN12O12S2. The number of nitrogen functional groups attached to an aromatic ring is 1. The molecule has 0 radical (unpaired) electrons. The molecule has 320 valence electrons. The van der Waals surface area contributed by atoms with Crippen LogP contribution in [0.15, 0.2) is 32.9 Å². The Morgan fingerprint density at radius 1 is 1.17 bits per heavy atom. The van der Waals surface area contributed by atoms with Crippen LogP contribution in [0.25, 0.3) is 0 Å². The van der Waals surface area contributed by atoms with Gasteiger partial charge in [-0.3, -0.25) is 23.5 Å². The van der Waals surface area contributed by atoms with Crippen molar-refractivity contribution in [2.45, 2.75) is 57.7 Å². The van der Waals surface area contributed by atoms with E-state index in [0.29, 0.717) is 0 Å². The van der Waals surface area contributed by atoms with Gasteiger partial charge in [0.2, 0.25) is 11.5 Å². The van der Waals surface area contributed by atoms with E-state index in [2.05, 4.69) is 41.7 Å². The molecule has 1 aromatic heterocycles. The van der Waals surface area contributed by atoms with Crippen molar-refractivity contribution in [2.24, 2.45) is 15.4 Å². The van der Waals surface area contributed by atoms with Crippen molar-refractivity contribution in [3.8, 4) is 11.5 Å². The molecule has 1 fully saturated rings. The van der Waals surface area contributed by atoms with Crippen molar-refractivity contribution in [1.82, 2.24) is 40.6 Å². The van der Waals surface area contributed by atoms with Crippen LogP contribution in [-0.4, -0.2) is 149 Å². The molecule has 3 rings (SSSR count). The fourth-order valence-corrected chi connectivity index (χ4v) is 6.73. The minimum atomic E-state index is -1.86. The maximum atomic E-state index is 13.6. The summed E-state index contributed by atoms with van der Waals surface area (Å²) in [5.41, 5.74) is 5.41. The number of aromatic nitrogens is 1. The van der Waals surface area contributed by atoms with Crippen molar-refractivity contribution in [3.05, 3.63) is 33.8 Å². The highest BCUT2D eigenvalue weighted by Gasteiger charge is 2.41. The third kappa shape index (κ3) is 13.1. The number of carbonyl (C=O) groups excluding carboxylic acids is 5. The number of hydrazone groups is 2. The molecule has 59 heavy (non-hydrogen) atoms. The van der Waals surface area contributed by atoms with E-state index in [0.717, 1.165) is 58.6 Å². The summed E-state index contributed by atoms with van der Waals surface area (Å²) in [4.78, 5) is 97.7. The summed E-state index contributed by atoms with van der Waals surface area (Å²) in [5, 5.41) is 58.1. The molecule has 27 heteroatoms. The lowest BCUT2D eigenvalue weighted by molar-refractivity contribution is -0.161. The molecule has 7 amide bonds. The first-order valence-electron chi connectivity index (χ1n) is 17.0. The van der Waals surface area contributed by atoms with Crippen molar-refractivity contribution < 1.29 is 58.8 Å². The first-order valence-corrected chi connectivity index (χ1v) is 19.1. The summed E-state index contributed by atoms with van der Waals surface area (Å²) in [7, 11) is 0. The van der Waals surface area contributed by atoms with Gasteiger partial charge in [-0.1, -0.05) is 16.8 Å². The van der Waals surface area contributed by atoms with E-state index in [4.69, 9.17) is 22.2 Å². The SMILES string of the molecule is CC(=O)N(CC(=O)O)C(SN1C[C@H](C)N(/N=C/C=N/NC(=O)NCCNC(=O)c2ccc(O)c(O)c2Cl)C1=O)[C@@H](C)NC(=O)/C(=N\OC(C)(C)C(=O)O)c1csc(N)n1. The van der Waals surface area contributed by atoms with Crippen molar-refractivity contribution in [1.29, 1.82) is 0 Å². The second-order valence-corrected chi connectivity index (χ2v) is 15.1. The van der Waals surface area contributed by atoms with Crippen LogP contribution in [0, 0.1) is 0 Å². The number of carboxylic acid groups (broad SMARTS) is 2. The standard InChI is InChI=1S/C32H41ClN12O12S2/c1-15-12-44(31(56)45(15)38-11-10-37-41-30(55)36-9-8-35-25(51)18-6-7-20(47)24(50)22(18)33)59-27(43(17(3)46)13-21(48)49)16(2)39-26(52)23(19-14-58-29(34)40-19)42-57-32(4,5)28(53)54/h6-7,10-11,14-16,27,47,50H,8-9,12-13H2,1-5H3,(H2,34,40)(H,35,51)(H,39,52)(H,48,49)(H,53,54)(H2,36,41,55)/b37-10+,38-11+,42-23-/t15-,16+,27?/m0/s1. The summed E-state index contributed by atoms with van der Waals surface area (Å²) < 4.78 is 1.21. The molecule has 1 saturated heterocycles. The van der Waals surface area contributed by atoms with Crippen LogP contribution in [0.1, 0.15) is 50.7 Å². The third-order valence-corrected chi connectivity index (χ3v) is 10.2. The highest BCUT2D eigenvalue weighted by molar-refractivity contribution is 7.98. The summed E-state index contributed by atoms with van der Waals surface area (Å²) >= 11 is 7.58. The van der Waals surface area contributed by atoms with Crippen molar-refractivity contribution in [2.75, 3.05) is 31.9 Å². The number of urea groups is 2. The Labute approximate surface area is 348 Å². The molecule has 0 aliphatic carbocycles.